The molecule has 1 saturated heterocycles. The zero-order valence-electron chi connectivity index (χ0n) is 8.81. The molecule has 0 bridgehead atoms. The molecule has 76 valence electrons. The molecule has 0 amide bonds. The van der Waals surface area contributed by atoms with Crippen molar-refractivity contribution < 1.29 is 4.74 Å². The van der Waals surface area contributed by atoms with Crippen LogP contribution in [0.5, 0.6) is 0 Å². The van der Waals surface area contributed by atoms with Crippen molar-refractivity contribution in [2.24, 2.45) is 0 Å². The van der Waals surface area contributed by atoms with Gasteiger partial charge in [-0.05, 0) is 19.5 Å². The minimum absolute atomic E-state index is 0.462. The van der Waals surface area contributed by atoms with E-state index in [1.165, 1.54) is 5.56 Å². The van der Waals surface area contributed by atoms with E-state index < -0.39 is 0 Å². The SMILES string of the molecule is C[C@@H]([C@@H]1CO1)N(C)Cc1ccccc1. The molecule has 2 rings (SSSR count). The van der Waals surface area contributed by atoms with Crippen LogP contribution in [0, 0.1) is 0 Å². The summed E-state index contributed by atoms with van der Waals surface area (Å²) in [6.07, 6.45) is 0.462. The summed E-state index contributed by atoms with van der Waals surface area (Å²) in [5.74, 6) is 0. The topological polar surface area (TPSA) is 15.8 Å². The fourth-order valence-electron chi connectivity index (χ4n) is 1.63. The van der Waals surface area contributed by atoms with Gasteiger partial charge in [0.05, 0.1) is 12.7 Å². The first-order chi connectivity index (χ1) is 6.77. The van der Waals surface area contributed by atoms with Crippen LogP contribution in [0.15, 0.2) is 30.3 Å². The maximum Gasteiger partial charge on any atom is 0.0961 e. The molecule has 1 aromatic rings. The fourth-order valence-corrected chi connectivity index (χ4v) is 1.63. The van der Waals surface area contributed by atoms with Gasteiger partial charge in [-0.1, -0.05) is 30.3 Å². The molecule has 2 nitrogen and oxygen atoms in total. The second-order valence-electron chi connectivity index (χ2n) is 4.01. The number of hydrogen-bond donors (Lipinski definition) is 0. The quantitative estimate of drug-likeness (QED) is 0.676. The van der Waals surface area contributed by atoms with Gasteiger partial charge in [-0.25, -0.2) is 0 Å². The van der Waals surface area contributed by atoms with Gasteiger partial charge < -0.3 is 4.74 Å². The monoisotopic (exact) mass is 191 g/mol. The van der Waals surface area contributed by atoms with E-state index >= 15 is 0 Å². The highest BCUT2D eigenvalue weighted by Gasteiger charge is 2.31. The Morgan fingerprint density at radius 3 is 2.64 bits per heavy atom. The van der Waals surface area contributed by atoms with Crippen LogP contribution in [0.4, 0.5) is 0 Å². The summed E-state index contributed by atoms with van der Waals surface area (Å²) in [4.78, 5) is 2.34. The molecule has 0 aromatic heterocycles. The van der Waals surface area contributed by atoms with Gasteiger partial charge in [0.2, 0.25) is 0 Å². The molecule has 2 heteroatoms. The van der Waals surface area contributed by atoms with Gasteiger partial charge in [0.25, 0.3) is 0 Å². The van der Waals surface area contributed by atoms with Crippen molar-refractivity contribution in [3.05, 3.63) is 35.9 Å². The summed E-state index contributed by atoms with van der Waals surface area (Å²) >= 11 is 0. The van der Waals surface area contributed by atoms with E-state index in [1.54, 1.807) is 0 Å². The molecular weight excluding hydrogens is 174 g/mol. The lowest BCUT2D eigenvalue weighted by atomic mass is 10.1. The van der Waals surface area contributed by atoms with E-state index in [2.05, 4.69) is 49.2 Å². The van der Waals surface area contributed by atoms with Crippen molar-refractivity contribution in [2.75, 3.05) is 13.7 Å². The highest BCUT2D eigenvalue weighted by Crippen LogP contribution is 2.19. The summed E-state index contributed by atoms with van der Waals surface area (Å²) < 4.78 is 5.29. The number of hydrogen-bond acceptors (Lipinski definition) is 2. The molecule has 0 saturated carbocycles. The normalized spacial score (nSPS) is 22.4. The van der Waals surface area contributed by atoms with E-state index in [1.807, 2.05) is 0 Å². The van der Waals surface area contributed by atoms with Crippen molar-refractivity contribution in [2.45, 2.75) is 25.6 Å². The summed E-state index contributed by atoms with van der Waals surface area (Å²) in [7, 11) is 2.15. The van der Waals surface area contributed by atoms with Crippen LogP contribution in [0.25, 0.3) is 0 Å². The zero-order valence-corrected chi connectivity index (χ0v) is 8.81. The fraction of sp³-hybridized carbons (Fsp3) is 0.500. The molecule has 2 atom stereocenters. The first kappa shape index (κ1) is 9.69. The van der Waals surface area contributed by atoms with Crippen LogP contribution in [0.1, 0.15) is 12.5 Å². The lowest BCUT2D eigenvalue weighted by molar-refractivity contribution is 0.203. The summed E-state index contributed by atoms with van der Waals surface area (Å²) in [6, 6.07) is 11.1. The number of likely N-dealkylation sites (N-methyl/N-ethyl adjacent to an activating group) is 1. The van der Waals surface area contributed by atoms with Crippen LogP contribution in [-0.4, -0.2) is 30.7 Å². The third kappa shape index (κ3) is 2.34. The van der Waals surface area contributed by atoms with E-state index in [0.717, 1.165) is 13.2 Å². The van der Waals surface area contributed by atoms with Crippen molar-refractivity contribution in [1.82, 2.24) is 4.90 Å². The minimum atomic E-state index is 0.462. The number of ether oxygens (including phenoxy) is 1. The van der Waals surface area contributed by atoms with Crippen molar-refractivity contribution >= 4 is 0 Å². The van der Waals surface area contributed by atoms with Gasteiger partial charge in [0.15, 0.2) is 0 Å². The number of epoxide rings is 1. The second kappa shape index (κ2) is 4.11. The maximum atomic E-state index is 5.29. The predicted molar refractivity (Wildman–Crippen MR) is 57.1 cm³/mol. The second-order valence-corrected chi connectivity index (χ2v) is 4.01. The third-order valence-electron chi connectivity index (χ3n) is 2.87. The van der Waals surface area contributed by atoms with Crippen LogP contribution >= 0.6 is 0 Å². The molecule has 1 fully saturated rings. The summed E-state index contributed by atoms with van der Waals surface area (Å²) in [5.41, 5.74) is 1.36. The van der Waals surface area contributed by atoms with Gasteiger partial charge >= 0.3 is 0 Å². The van der Waals surface area contributed by atoms with Crippen LogP contribution < -0.4 is 0 Å². The molecule has 1 aromatic carbocycles. The van der Waals surface area contributed by atoms with E-state index in [4.69, 9.17) is 4.74 Å². The summed E-state index contributed by atoms with van der Waals surface area (Å²) in [5, 5.41) is 0. The van der Waals surface area contributed by atoms with Gasteiger partial charge in [0, 0.05) is 12.6 Å². The van der Waals surface area contributed by atoms with Gasteiger partial charge in [0.1, 0.15) is 0 Å². The molecular formula is C12H17NO. The average Bonchev–Trinajstić information content (AvgIpc) is 3.01. The largest absolute Gasteiger partial charge is 0.371 e. The molecule has 0 unspecified atom stereocenters. The Bertz CT molecular complexity index is 282. The van der Waals surface area contributed by atoms with Crippen molar-refractivity contribution in [3.63, 3.8) is 0 Å². The number of rotatable bonds is 4. The highest BCUT2D eigenvalue weighted by atomic mass is 16.6. The van der Waals surface area contributed by atoms with Crippen LogP contribution in [-0.2, 0) is 11.3 Å². The third-order valence-corrected chi connectivity index (χ3v) is 2.87. The van der Waals surface area contributed by atoms with Crippen molar-refractivity contribution in [1.29, 1.82) is 0 Å². The Morgan fingerprint density at radius 1 is 1.43 bits per heavy atom. The minimum Gasteiger partial charge on any atom is -0.371 e. The number of nitrogens with zero attached hydrogens (tertiary/aromatic N) is 1. The lowest BCUT2D eigenvalue weighted by Crippen LogP contribution is -2.32. The molecule has 1 heterocycles. The van der Waals surface area contributed by atoms with Gasteiger partial charge in [-0.3, -0.25) is 4.90 Å². The number of benzene rings is 1. The lowest BCUT2D eigenvalue weighted by Gasteiger charge is -2.23. The molecule has 1 aliphatic heterocycles. The smallest absolute Gasteiger partial charge is 0.0961 e. The Morgan fingerprint density at radius 2 is 2.07 bits per heavy atom. The zero-order chi connectivity index (χ0) is 9.97. The van der Waals surface area contributed by atoms with E-state index in [-0.39, 0.29) is 0 Å². The van der Waals surface area contributed by atoms with E-state index in [9.17, 15) is 0 Å². The molecule has 1 aliphatic rings. The molecule has 14 heavy (non-hydrogen) atoms. The standard InChI is InChI=1S/C12H17NO/c1-10(12-9-14-12)13(2)8-11-6-4-3-5-7-11/h3-7,10,12H,8-9H2,1-2H3/t10-,12-/m0/s1. The van der Waals surface area contributed by atoms with Crippen molar-refractivity contribution in [3.8, 4) is 0 Å². The van der Waals surface area contributed by atoms with E-state index in [0.29, 0.717) is 12.1 Å². The Hall–Kier alpha value is -0.860. The Labute approximate surface area is 85.5 Å². The van der Waals surface area contributed by atoms with Gasteiger partial charge in [-0.2, -0.15) is 0 Å². The molecule has 0 spiro atoms. The molecule has 0 aliphatic carbocycles. The Balaban J connectivity index is 1.90. The molecule has 0 radical (unpaired) electrons. The average molecular weight is 191 g/mol. The first-order valence-electron chi connectivity index (χ1n) is 5.13. The summed E-state index contributed by atoms with van der Waals surface area (Å²) in [6.45, 7) is 4.16. The molecule has 0 N–H and O–H groups in total. The Kier molecular flexibility index (Phi) is 2.85. The maximum absolute atomic E-state index is 5.29. The van der Waals surface area contributed by atoms with Crippen LogP contribution in [0.2, 0.25) is 0 Å². The predicted octanol–water partition coefficient (Wildman–Crippen LogP) is 1.91. The first-order valence-corrected chi connectivity index (χ1v) is 5.13. The highest BCUT2D eigenvalue weighted by molar-refractivity contribution is 5.14. The van der Waals surface area contributed by atoms with Crippen LogP contribution in [0.3, 0.4) is 0 Å². The van der Waals surface area contributed by atoms with Gasteiger partial charge in [-0.15, -0.1) is 0 Å².